The van der Waals surface area contributed by atoms with Gasteiger partial charge in [-0.1, -0.05) is 0 Å². The highest BCUT2D eigenvalue weighted by molar-refractivity contribution is 7.80. The monoisotopic (exact) mass is 207 g/mol. The molecule has 0 aliphatic carbocycles. The fourth-order valence-electron chi connectivity index (χ4n) is 0.644. The molecule has 0 radical (unpaired) electrons. The van der Waals surface area contributed by atoms with E-state index in [1.807, 2.05) is 0 Å². The minimum Gasteiger partial charge on any atom is -0.367 e. The largest absolute Gasteiger partial charge is 0.367 e. The number of thiol groups is 1. The first-order valence-corrected chi connectivity index (χ1v) is 4.28. The van der Waals surface area contributed by atoms with Gasteiger partial charge in [0.05, 0.1) is 6.20 Å². The third-order valence-corrected chi connectivity index (χ3v) is 1.52. The van der Waals surface area contributed by atoms with Gasteiger partial charge in [-0.25, -0.2) is 9.37 Å². The fraction of sp³-hybridized carbons (Fsp3) is 0.333. The van der Waals surface area contributed by atoms with E-state index in [-0.39, 0.29) is 11.1 Å². The van der Waals surface area contributed by atoms with Crippen molar-refractivity contribution in [2.75, 3.05) is 17.6 Å². The average molecular weight is 208 g/mol. The quantitative estimate of drug-likeness (QED) is 0.584. The maximum Gasteiger partial charge on any atom is 0.224 e. The summed E-state index contributed by atoms with van der Waals surface area (Å²) in [5.74, 6) is 0.200. The van der Waals surface area contributed by atoms with Crippen LogP contribution in [0.5, 0.6) is 0 Å². The topological polar surface area (TPSA) is 37.8 Å². The van der Waals surface area contributed by atoms with Crippen LogP contribution in [-0.2, 0) is 0 Å². The molecular weight excluding hydrogens is 201 g/mol. The minimum absolute atomic E-state index is 0.0260. The van der Waals surface area contributed by atoms with Crippen LogP contribution in [0.1, 0.15) is 0 Å². The van der Waals surface area contributed by atoms with Crippen LogP contribution in [0.15, 0.2) is 6.20 Å². The highest BCUT2D eigenvalue weighted by Gasteiger charge is 2.03. The van der Waals surface area contributed by atoms with Gasteiger partial charge in [-0.15, -0.1) is 0 Å². The molecule has 0 unspecified atom stereocenters. The van der Waals surface area contributed by atoms with E-state index in [0.29, 0.717) is 12.3 Å². The summed E-state index contributed by atoms with van der Waals surface area (Å²) in [6, 6.07) is 0. The Balaban J connectivity index is 2.75. The van der Waals surface area contributed by atoms with Gasteiger partial charge in [-0.05, 0) is 11.6 Å². The molecule has 1 aromatic rings. The lowest BCUT2D eigenvalue weighted by atomic mass is 10.5. The van der Waals surface area contributed by atoms with Crippen molar-refractivity contribution in [3.8, 4) is 0 Å². The van der Waals surface area contributed by atoms with Gasteiger partial charge >= 0.3 is 0 Å². The molecule has 1 heterocycles. The molecule has 0 aliphatic rings. The van der Waals surface area contributed by atoms with Gasteiger partial charge in [0.2, 0.25) is 5.28 Å². The zero-order chi connectivity index (χ0) is 8.97. The molecule has 66 valence electrons. The Kier molecular flexibility index (Phi) is 3.55. The second kappa shape index (κ2) is 4.47. The summed E-state index contributed by atoms with van der Waals surface area (Å²) >= 11 is 9.40. The summed E-state index contributed by atoms with van der Waals surface area (Å²) in [5.41, 5.74) is 0. The van der Waals surface area contributed by atoms with Crippen LogP contribution in [0.4, 0.5) is 10.2 Å². The van der Waals surface area contributed by atoms with E-state index in [0.717, 1.165) is 6.20 Å². The molecule has 0 saturated carbocycles. The first-order valence-electron chi connectivity index (χ1n) is 3.27. The number of rotatable bonds is 3. The van der Waals surface area contributed by atoms with E-state index in [4.69, 9.17) is 11.6 Å². The molecule has 0 fully saturated rings. The number of hydrogen-bond acceptors (Lipinski definition) is 4. The molecule has 1 aromatic heterocycles. The van der Waals surface area contributed by atoms with Crippen LogP contribution in [0.25, 0.3) is 0 Å². The Morgan fingerprint density at radius 3 is 3.08 bits per heavy atom. The lowest BCUT2D eigenvalue weighted by Crippen LogP contribution is -2.06. The number of halogens is 2. The van der Waals surface area contributed by atoms with Crippen molar-refractivity contribution in [3.63, 3.8) is 0 Å². The fourth-order valence-corrected chi connectivity index (χ4v) is 0.889. The van der Waals surface area contributed by atoms with Crippen molar-refractivity contribution in [2.45, 2.75) is 0 Å². The molecular formula is C6H7ClFN3S. The van der Waals surface area contributed by atoms with Crippen LogP contribution in [0, 0.1) is 5.82 Å². The van der Waals surface area contributed by atoms with Crippen molar-refractivity contribution in [1.29, 1.82) is 0 Å². The Morgan fingerprint density at radius 2 is 2.42 bits per heavy atom. The Bertz CT molecular complexity index is 271. The lowest BCUT2D eigenvalue weighted by Gasteiger charge is -2.03. The summed E-state index contributed by atoms with van der Waals surface area (Å²) in [4.78, 5) is 7.11. The van der Waals surface area contributed by atoms with Crippen molar-refractivity contribution in [2.24, 2.45) is 0 Å². The summed E-state index contributed by atoms with van der Waals surface area (Å²) in [7, 11) is 0. The Morgan fingerprint density at radius 1 is 1.67 bits per heavy atom. The molecule has 3 nitrogen and oxygen atoms in total. The normalized spacial score (nSPS) is 9.92. The van der Waals surface area contributed by atoms with Crippen LogP contribution in [-0.4, -0.2) is 22.3 Å². The van der Waals surface area contributed by atoms with E-state index in [1.54, 1.807) is 0 Å². The molecule has 1 N–H and O–H groups in total. The van der Waals surface area contributed by atoms with E-state index < -0.39 is 5.82 Å². The molecule has 0 aromatic carbocycles. The summed E-state index contributed by atoms with van der Waals surface area (Å²) in [5, 5.41) is 2.74. The smallest absolute Gasteiger partial charge is 0.224 e. The molecule has 6 heteroatoms. The van der Waals surface area contributed by atoms with Gasteiger partial charge in [-0.3, -0.25) is 0 Å². The highest BCUT2D eigenvalue weighted by Crippen LogP contribution is 2.11. The molecule has 0 saturated heterocycles. The van der Waals surface area contributed by atoms with Gasteiger partial charge < -0.3 is 5.32 Å². The zero-order valence-electron chi connectivity index (χ0n) is 6.09. The van der Waals surface area contributed by atoms with E-state index in [1.165, 1.54) is 0 Å². The van der Waals surface area contributed by atoms with Crippen molar-refractivity contribution < 1.29 is 4.39 Å². The molecule has 0 amide bonds. The van der Waals surface area contributed by atoms with Gasteiger partial charge in [0.25, 0.3) is 0 Å². The van der Waals surface area contributed by atoms with Gasteiger partial charge in [0.15, 0.2) is 11.6 Å². The SMILES string of the molecule is Fc1cnc(Cl)nc1NCCS. The Hall–Kier alpha value is -0.550. The van der Waals surface area contributed by atoms with Crippen LogP contribution in [0.2, 0.25) is 5.28 Å². The lowest BCUT2D eigenvalue weighted by molar-refractivity contribution is 0.617. The third kappa shape index (κ3) is 2.49. The first-order chi connectivity index (χ1) is 5.74. The number of hydrogen-bond donors (Lipinski definition) is 2. The summed E-state index contributed by atoms with van der Waals surface area (Å²) in [6.45, 7) is 0.535. The predicted molar refractivity (Wildman–Crippen MR) is 49.3 cm³/mol. The summed E-state index contributed by atoms with van der Waals surface area (Å²) < 4.78 is 12.8. The molecule has 0 bridgehead atoms. The minimum atomic E-state index is -0.513. The zero-order valence-corrected chi connectivity index (χ0v) is 7.74. The second-order valence-electron chi connectivity index (χ2n) is 1.99. The molecule has 12 heavy (non-hydrogen) atoms. The van der Waals surface area contributed by atoms with E-state index in [2.05, 4.69) is 27.9 Å². The maximum absolute atomic E-state index is 12.8. The maximum atomic E-state index is 12.8. The van der Waals surface area contributed by atoms with Crippen molar-refractivity contribution in [1.82, 2.24) is 9.97 Å². The molecule has 0 atom stereocenters. The predicted octanol–water partition coefficient (Wildman–Crippen LogP) is 1.61. The average Bonchev–Trinajstić information content (AvgIpc) is 2.07. The number of nitrogens with one attached hydrogen (secondary N) is 1. The van der Waals surface area contributed by atoms with Crippen LogP contribution >= 0.6 is 24.2 Å². The van der Waals surface area contributed by atoms with Gasteiger partial charge in [-0.2, -0.15) is 17.6 Å². The van der Waals surface area contributed by atoms with Crippen molar-refractivity contribution in [3.05, 3.63) is 17.3 Å². The Labute approximate surface area is 79.8 Å². The second-order valence-corrected chi connectivity index (χ2v) is 2.77. The number of nitrogens with zero attached hydrogens (tertiary/aromatic N) is 2. The highest BCUT2D eigenvalue weighted by atomic mass is 35.5. The first kappa shape index (κ1) is 9.54. The summed E-state index contributed by atoms with van der Waals surface area (Å²) in [6.07, 6.45) is 1.02. The molecule has 1 rings (SSSR count). The van der Waals surface area contributed by atoms with E-state index in [9.17, 15) is 4.39 Å². The number of anilines is 1. The van der Waals surface area contributed by atoms with E-state index >= 15 is 0 Å². The van der Waals surface area contributed by atoms with Crippen LogP contribution < -0.4 is 5.32 Å². The van der Waals surface area contributed by atoms with Crippen LogP contribution in [0.3, 0.4) is 0 Å². The van der Waals surface area contributed by atoms with Gasteiger partial charge in [0, 0.05) is 12.3 Å². The number of aromatic nitrogens is 2. The molecule has 0 spiro atoms. The van der Waals surface area contributed by atoms with Gasteiger partial charge in [0.1, 0.15) is 0 Å². The molecule has 0 aliphatic heterocycles. The third-order valence-electron chi connectivity index (χ3n) is 1.12. The standard InChI is InChI=1S/C6H7ClFN3S/c7-6-10-3-4(8)5(11-6)9-1-2-12/h3,12H,1-2H2,(H,9,10,11). The van der Waals surface area contributed by atoms with Crippen molar-refractivity contribution >= 4 is 30.0 Å².